The minimum absolute atomic E-state index is 0.0000689. The molecule has 3 aromatic rings. The molecule has 5 nitrogen and oxygen atoms in total. The summed E-state index contributed by atoms with van der Waals surface area (Å²) in [7, 11) is -3.94. The van der Waals surface area contributed by atoms with Gasteiger partial charge in [-0.15, -0.1) is 0 Å². The number of aryl methyl sites for hydroxylation is 1. The maximum atomic E-state index is 13.2. The lowest BCUT2D eigenvalue weighted by molar-refractivity contribution is 0.102. The monoisotopic (exact) mass is 432 g/mol. The van der Waals surface area contributed by atoms with Gasteiger partial charge in [0.15, 0.2) is 0 Å². The number of carbonyl (C=O) groups is 1. The molecule has 0 aliphatic rings. The van der Waals surface area contributed by atoms with Gasteiger partial charge in [0.2, 0.25) is 10.0 Å². The highest BCUT2D eigenvalue weighted by molar-refractivity contribution is 7.89. The highest BCUT2D eigenvalue weighted by atomic mass is 35.5. The Bertz CT molecular complexity index is 1150. The molecule has 29 heavy (non-hydrogen) atoms. The van der Waals surface area contributed by atoms with Crippen LogP contribution in [0.3, 0.4) is 0 Å². The molecule has 3 aromatic carbocycles. The van der Waals surface area contributed by atoms with Crippen LogP contribution in [-0.4, -0.2) is 14.3 Å². The molecule has 0 radical (unpaired) electrons. The van der Waals surface area contributed by atoms with E-state index in [1.165, 1.54) is 36.4 Å². The molecule has 0 unspecified atom stereocenters. The number of anilines is 1. The first-order chi connectivity index (χ1) is 13.8. The van der Waals surface area contributed by atoms with Gasteiger partial charge in [-0.25, -0.2) is 17.5 Å². The lowest BCUT2D eigenvalue weighted by Crippen LogP contribution is -2.24. The number of sulfonamides is 1. The number of amides is 1. The van der Waals surface area contributed by atoms with Crippen LogP contribution in [0.2, 0.25) is 5.02 Å². The minimum atomic E-state index is -3.94. The number of rotatable bonds is 6. The molecule has 0 aliphatic carbocycles. The highest BCUT2D eigenvalue weighted by Gasteiger charge is 2.20. The first-order valence-electron chi connectivity index (χ1n) is 8.67. The zero-order valence-electron chi connectivity index (χ0n) is 15.4. The van der Waals surface area contributed by atoms with Crippen molar-refractivity contribution in [3.63, 3.8) is 0 Å². The second kappa shape index (κ2) is 8.73. The molecule has 0 aliphatic heterocycles. The molecule has 0 bridgehead atoms. The highest BCUT2D eigenvalue weighted by Crippen LogP contribution is 2.24. The van der Waals surface area contributed by atoms with Crippen LogP contribution in [0.25, 0.3) is 0 Å². The van der Waals surface area contributed by atoms with Gasteiger partial charge in [0, 0.05) is 17.8 Å². The number of hydrogen-bond acceptors (Lipinski definition) is 3. The Labute approximate surface area is 173 Å². The summed E-state index contributed by atoms with van der Waals surface area (Å²) in [5.74, 6) is -0.944. The molecule has 150 valence electrons. The third-order valence-corrected chi connectivity index (χ3v) is 6.11. The lowest BCUT2D eigenvalue weighted by atomic mass is 10.1. The molecule has 0 spiro atoms. The van der Waals surface area contributed by atoms with Crippen LogP contribution in [0.5, 0.6) is 0 Å². The maximum absolute atomic E-state index is 13.2. The van der Waals surface area contributed by atoms with E-state index in [0.29, 0.717) is 11.3 Å². The molecule has 2 N–H and O–H groups in total. The van der Waals surface area contributed by atoms with Crippen LogP contribution in [0.1, 0.15) is 21.5 Å². The van der Waals surface area contributed by atoms with Gasteiger partial charge in [-0.05, 0) is 54.4 Å². The number of hydrogen-bond donors (Lipinski definition) is 2. The van der Waals surface area contributed by atoms with Gasteiger partial charge < -0.3 is 5.32 Å². The molecular formula is C21H18ClFN2O3S. The van der Waals surface area contributed by atoms with Crippen molar-refractivity contribution in [3.05, 3.63) is 94.3 Å². The third-order valence-electron chi connectivity index (χ3n) is 4.23. The van der Waals surface area contributed by atoms with Crippen molar-refractivity contribution in [2.45, 2.75) is 18.4 Å². The molecule has 0 atom stereocenters. The minimum Gasteiger partial charge on any atom is -0.322 e. The fraction of sp³-hybridized carbons (Fsp3) is 0.0952. The van der Waals surface area contributed by atoms with Crippen molar-refractivity contribution >= 4 is 33.2 Å². The van der Waals surface area contributed by atoms with Crippen molar-refractivity contribution in [2.75, 3.05) is 5.32 Å². The van der Waals surface area contributed by atoms with Gasteiger partial charge in [0.1, 0.15) is 10.7 Å². The van der Waals surface area contributed by atoms with Gasteiger partial charge in [-0.1, -0.05) is 41.9 Å². The van der Waals surface area contributed by atoms with E-state index in [4.69, 9.17) is 11.6 Å². The van der Waals surface area contributed by atoms with Crippen LogP contribution in [0.4, 0.5) is 10.1 Å². The van der Waals surface area contributed by atoms with E-state index in [0.717, 1.165) is 5.56 Å². The lowest BCUT2D eigenvalue weighted by Gasteiger charge is -2.12. The standard InChI is InChI=1S/C21H18ClFN2O3S/c1-14-11-17(23)8-10-19(14)25-21(26)16-7-9-18(22)20(12-16)29(27,28)24-13-15-5-3-2-4-6-15/h2-12,24H,13H2,1H3,(H,25,26). The van der Waals surface area contributed by atoms with Crippen LogP contribution >= 0.6 is 11.6 Å². The first kappa shape index (κ1) is 21.0. The third kappa shape index (κ3) is 5.20. The number of benzene rings is 3. The van der Waals surface area contributed by atoms with Crippen molar-refractivity contribution in [1.29, 1.82) is 0 Å². The van der Waals surface area contributed by atoms with Gasteiger partial charge in [0.05, 0.1) is 5.02 Å². The summed E-state index contributed by atoms with van der Waals surface area (Å²) in [6.45, 7) is 1.74. The Morgan fingerprint density at radius 3 is 2.45 bits per heavy atom. The summed E-state index contributed by atoms with van der Waals surface area (Å²) >= 11 is 6.08. The fourth-order valence-electron chi connectivity index (χ4n) is 2.66. The predicted molar refractivity (Wildman–Crippen MR) is 111 cm³/mol. The van der Waals surface area contributed by atoms with Crippen LogP contribution in [0.15, 0.2) is 71.6 Å². The second-order valence-electron chi connectivity index (χ2n) is 6.37. The molecular weight excluding hydrogens is 415 g/mol. The Morgan fingerprint density at radius 1 is 1.03 bits per heavy atom. The van der Waals surface area contributed by atoms with Crippen LogP contribution < -0.4 is 10.0 Å². The molecule has 1 amide bonds. The largest absolute Gasteiger partial charge is 0.322 e. The Kier molecular flexibility index (Phi) is 6.32. The van der Waals surface area contributed by atoms with Crippen molar-refractivity contribution in [3.8, 4) is 0 Å². The number of carbonyl (C=O) groups excluding carboxylic acids is 1. The van der Waals surface area contributed by atoms with E-state index in [2.05, 4.69) is 10.0 Å². The van der Waals surface area contributed by atoms with E-state index >= 15 is 0 Å². The Morgan fingerprint density at radius 2 is 1.76 bits per heavy atom. The smallest absolute Gasteiger partial charge is 0.255 e. The SMILES string of the molecule is Cc1cc(F)ccc1NC(=O)c1ccc(Cl)c(S(=O)(=O)NCc2ccccc2)c1. The summed E-state index contributed by atoms with van der Waals surface area (Å²) in [6.07, 6.45) is 0. The molecule has 0 heterocycles. The average Bonchev–Trinajstić information content (AvgIpc) is 2.69. The van der Waals surface area contributed by atoms with Gasteiger partial charge in [-0.2, -0.15) is 0 Å². The van der Waals surface area contributed by atoms with Gasteiger partial charge in [0.25, 0.3) is 5.91 Å². The van der Waals surface area contributed by atoms with E-state index in [-0.39, 0.29) is 22.0 Å². The molecule has 8 heteroatoms. The second-order valence-corrected chi connectivity index (χ2v) is 8.51. The number of nitrogens with one attached hydrogen (secondary N) is 2. The molecule has 3 rings (SSSR count). The topological polar surface area (TPSA) is 75.3 Å². The average molecular weight is 433 g/mol. The quantitative estimate of drug-likeness (QED) is 0.601. The predicted octanol–water partition coefficient (Wildman–Crippen LogP) is 4.52. The summed E-state index contributed by atoms with van der Waals surface area (Å²) in [6, 6.07) is 17.0. The normalized spacial score (nSPS) is 11.3. The molecule has 0 saturated carbocycles. The maximum Gasteiger partial charge on any atom is 0.255 e. The summed E-state index contributed by atoms with van der Waals surface area (Å²) in [4.78, 5) is 12.4. The molecule has 0 saturated heterocycles. The van der Waals surface area contributed by atoms with Gasteiger partial charge >= 0.3 is 0 Å². The number of halogens is 2. The van der Waals surface area contributed by atoms with Crippen LogP contribution in [0, 0.1) is 12.7 Å². The van der Waals surface area contributed by atoms with E-state index in [1.54, 1.807) is 31.2 Å². The van der Waals surface area contributed by atoms with Gasteiger partial charge in [-0.3, -0.25) is 4.79 Å². The zero-order valence-corrected chi connectivity index (χ0v) is 17.0. The van der Waals surface area contributed by atoms with Crippen LogP contribution in [-0.2, 0) is 16.6 Å². The Hall–Kier alpha value is -2.74. The first-order valence-corrected chi connectivity index (χ1v) is 10.5. The summed E-state index contributed by atoms with van der Waals surface area (Å²) in [5.41, 5.74) is 1.87. The summed E-state index contributed by atoms with van der Waals surface area (Å²) < 4.78 is 41.1. The fourth-order valence-corrected chi connectivity index (χ4v) is 4.21. The zero-order chi connectivity index (χ0) is 21.0. The van der Waals surface area contributed by atoms with E-state index in [1.807, 2.05) is 6.07 Å². The molecule has 0 aromatic heterocycles. The van der Waals surface area contributed by atoms with Crippen molar-refractivity contribution in [2.24, 2.45) is 0 Å². The molecule has 0 fully saturated rings. The summed E-state index contributed by atoms with van der Waals surface area (Å²) in [5, 5.41) is 2.65. The van der Waals surface area contributed by atoms with Crippen molar-refractivity contribution < 1.29 is 17.6 Å². The van der Waals surface area contributed by atoms with E-state index in [9.17, 15) is 17.6 Å². The van der Waals surface area contributed by atoms with E-state index < -0.39 is 21.7 Å². The van der Waals surface area contributed by atoms with Crippen molar-refractivity contribution in [1.82, 2.24) is 4.72 Å². The Balaban J connectivity index is 1.82.